The first kappa shape index (κ1) is 16.9. The van der Waals surface area contributed by atoms with Gasteiger partial charge in [0.05, 0.1) is 11.6 Å². The minimum absolute atomic E-state index is 0.709. The Morgan fingerprint density at radius 2 is 2.15 bits per heavy atom. The van der Waals surface area contributed by atoms with Crippen LogP contribution in [0.1, 0.15) is 30.5 Å². The molecular formula is C14H26N4OS. The topological polar surface area (TPSA) is 58.5 Å². The summed E-state index contributed by atoms with van der Waals surface area (Å²) in [4.78, 5) is 8.64. The van der Waals surface area contributed by atoms with Gasteiger partial charge in [0.1, 0.15) is 0 Å². The quantitative estimate of drug-likeness (QED) is 0.416. The molecule has 114 valence electrons. The van der Waals surface area contributed by atoms with E-state index in [1.807, 2.05) is 13.8 Å². The van der Waals surface area contributed by atoms with Crippen molar-refractivity contribution in [1.29, 1.82) is 0 Å². The first-order chi connectivity index (χ1) is 9.76. The Hall–Kier alpha value is -1.14. The van der Waals surface area contributed by atoms with Crippen molar-refractivity contribution in [3.63, 3.8) is 0 Å². The molecule has 6 heteroatoms. The van der Waals surface area contributed by atoms with E-state index in [1.54, 1.807) is 18.4 Å². The summed E-state index contributed by atoms with van der Waals surface area (Å²) >= 11 is 1.75. The van der Waals surface area contributed by atoms with Crippen molar-refractivity contribution >= 4 is 17.3 Å². The number of nitrogens with zero attached hydrogens (tertiary/aromatic N) is 2. The standard InChI is InChI=1S/C14H26N4OS/c1-4-19-10-9-17-14(15-3)16-8-6-5-7-13-18-12(2)11-20-13/h11H,4-10H2,1-3H3,(H2,15,16,17). The van der Waals surface area contributed by atoms with Crippen molar-refractivity contribution in [2.45, 2.75) is 33.1 Å². The van der Waals surface area contributed by atoms with Crippen LogP contribution >= 0.6 is 11.3 Å². The van der Waals surface area contributed by atoms with E-state index in [0.717, 1.165) is 50.6 Å². The van der Waals surface area contributed by atoms with Crippen molar-refractivity contribution in [3.8, 4) is 0 Å². The maximum atomic E-state index is 5.27. The van der Waals surface area contributed by atoms with E-state index in [9.17, 15) is 0 Å². The zero-order valence-electron chi connectivity index (χ0n) is 12.7. The smallest absolute Gasteiger partial charge is 0.191 e. The summed E-state index contributed by atoms with van der Waals surface area (Å²) in [7, 11) is 1.79. The van der Waals surface area contributed by atoms with Crippen molar-refractivity contribution in [1.82, 2.24) is 15.6 Å². The first-order valence-corrected chi connectivity index (χ1v) is 8.07. The van der Waals surface area contributed by atoms with Crippen LogP contribution in [-0.2, 0) is 11.2 Å². The Kier molecular flexibility index (Phi) is 8.98. The summed E-state index contributed by atoms with van der Waals surface area (Å²) in [5, 5.41) is 9.87. The van der Waals surface area contributed by atoms with Crippen LogP contribution in [0.5, 0.6) is 0 Å². The fraction of sp³-hybridized carbons (Fsp3) is 0.714. The van der Waals surface area contributed by atoms with E-state index in [2.05, 4.69) is 26.0 Å². The van der Waals surface area contributed by atoms with Crippen LogP contribution in [0.25, 0.3) is 0 Å². The third kappa shape index (κ3) is 7.45. The molecule has 0 aliphatic carbocycles. The molecule has 0 fully saturated rings. The van der Waals surface area contributed by atoms with E-state index >= 15 is 0 Å². The van der Waals surface area contributed by atoms with Crippen molar-refractivity contribution in [2.75, 3.05) is 33.4 Å². The Morgan fingerprint density at radius 3 is 2.80 bits per heavy atom. The summed E-state index contributed by atoms with van der Waals surface area (Å²) in [6, 6.07) is 0. The van der Waals surface area contributed by atoms with Gasteiger partial charge in [-0.2, -0.15) is 0 Å². The predicted octanol–water partition coefficient (Wildman–Crippen LogP) is 1.98. The van der Waals surface area contributed by atoms with E-state index in [0.29, 0.717) is 6.61 Å². The minimum atomic E-state index is 0.709. The van der Waals surface area contributed by atoms with Gasteiger partial charge in [0.15, 0.2) is 5.96 Å². The molecule has 0 amide bonds. The number of aryl methyl sites for hydroxylation is 2. The largest absolute Gasteiger partial charge is 0.380 e. The van der Waals surface area contributed by atoms with Crippen molar-refractivity contribution in [3.05, 3.63) is 16.1 Å². The lowest BCUT2D eigenvalue weighted by Gasteiger charge is -2.11. The Morgan fingerprint density at radius 1 is 1.35 bits per heavy atom. The second kappa shape index (κ2) is 10.6. The number of ether oxygens (including phenoxy) is 1. The fourth-order valence-electron chi connectivity index (χ4n) is 1.73. The summed E-state index contributed by atoms with van der Waals surface area (Å²) < 4.78 is 5.27. The molecule has 0 atom stereocenters. The predicted molar refractivity (Wildman–Crippen MR) is 85.6 cm³/mol. The molecule has 0 radical (unpaired) electrons. The molecule has 1 rings (SSSR count). The second-order valence-electron chi connectivity index (χ2n) is 4.46. The average molecular weight is 298 g/mol. The van der Waals surface area contributed by atoms with Crippen LogP contribution in [0.4, 0.5) is 0 Å². The van der Waals surface area contributed by atoms with Gasteiger partial charge in [-0.15, -0.1) is 11.3 Å². The number of hydrogen-bond donors (Lipinski definition) is 2. The van der Waals surface area contributed by atoms with Crippen LogP contribution in [-0.4, -0.2) is 44.3 Å². The van der Waals surface area contributed by atoms with E-state index in [1.165, 1.54) is 5.01 Å². The van der Waals surface area contributed by atoms with Gasteiger partial charge in [-0.05, 0) is 33.1 Å². The SMILES string of the molecule is CCOCCNC(=NC)NCCCCc1nc(C)cs1. The molecule has 0 unspecified atom stereocenters. The molecule has 0 aliphatic heterocycles. The summed E-state index contributed by atoms with van der Waals surface area (Å²) in [5.74, 6) is 0.842. The number of aliphatic imine (C=N–C) groups is 1. The molecule has 0 saturated carbocycles. The lowest BCUT2D eigenvalue weighted by atomic mass is 10.2. The molecule has 0 spiro atoms. The number of aromatic nitrogens is 1. The van der Waals surface area contributed by atoms with E-state index in [4.69, 9.17) is 4.74 Å². The molecule has 2 N–H and O–H groups in total. The zero-order chi connectivity index (χ0) is 14.6. The monoisotopic (exact) mass is 298 g/mol. The molecule has 1 aromatic rings. The maximum absolute atomic E-state index is 5.27. The first-order valence-electron chi connectivity index (χ1n) is 7.19. The number of nitrogens with one attached hydrogen (secondary N) is 2. The van der Waals surface area contributed by atoms with Crippen molar-refractivity contribution in [2.24, 2.45) is 4.99 Å². The highest BCUT2D eigenvalue weighted by atomic mass is 32.1. The van der Waals surface area contributed by atoms with Crippen LogP contribution in [0, 0.1) is 6.92 Å². The summed E-state index contributed by atoms with van der Waals surface area (Å²) in [6.07, 6.45) is 3.33. The number of rotatable bonds is 9. The zero-order valence-corrected chi connectivity index (χ0v) is 13.6. The van der Waals surface area contributed by atoms with Gasteiger partial charge < -0.3 is 15.4 Å². The van der Waals surface area contributed by atoms with Crippen LogP contribution in [0.3, 0.4) is 0 Å². The highest BCUT2D eigenvalue weighted by Crippen LogP contribution is 2.11. The van der Waals surface area contributed by atoms with Gasteiger partial charge in [0.2, 0.25) is 0 Å². The molecule has 20 heavy (non-hydrogen) atoms. The summed E-state index contributed by atoms with van der Waals surface area (Å²) in [6.45, 7) is 7.21. The molecule has 1 heterocycles. The highest BCUT2D eigenvalue weighted by molar-refractivity contribution is 7.09. The van der Waals surface area contributed by atoms with Gasteiger partial charge in [-0.1, -0.05) is 0 Å². The highest BCUT2D eigenvalue weighted by Gasteiger charge is 1.99. The average Bonchev–Trinajstić information content (AvgIpc) is 2.86. The van der Waals surface area contributed by atoms with Gasteiger partial charge in [0, 0.05) is 37.8 Å². The van der Waals surface area contributed by atoms with E-state index in [-0.39, 0.29) is 0 Å². The Labute approximate surface area is 125 Å². The van der Waals surface area contributed by atoms with Crippen LogP contribution < -0.4 is 10.6 Å². The maximum Gasteiger partial charge on any atom is 0.191 e. The van der Waals surface area contributed by atoms with Gasteiger partial charge in [-0.3, -0.25) is 4.99 Å². The molecule has 5 nitrogen and oxygen atoms in total. The molecule has 0 saturated heterocycles. The van der Waals surface area contributed by atoms with Gasteiger partial charge in [-0.25, -0.2) is 4.98 Å². The third-order valence-corrected chi connectivity index (χ3v) is 3.77. The normalized spacial score (nSPS) is 11.7. The van der Waals surface area contributed by atoms with Gasteiger partial charge in [0.25, 0.3) is 0 Å². The molecule has 0 bridgehead atoms. The number of unbranched alkanes of at least 4 members (excludes halogenated alkanes) is 1. The third-order valence-electron chi connectivity index (χ3n) is 2.74. The molecule has 0 aromatic carbocycles. The lowest BCUT2D eigenvalue weighted by molar-refractivity contribution is 0.152. The number of thiazole rings is 1. The fourth-order valence-corrected chi connectivity index (χ4v) is 2.55. The van der Waals surface area contributed by atoms with Gasteiger partial charge >= 0.3 is 0 Å². The molecule has 0 aliphatic rings. The Balaban J connectivity index is 2.03. The van der Waals surface area contributed by atoms with E-state index < -0.39 is 0 Å². The molecule has 1 aromatic heterocycles. The summed E-state index contributed by atoms with van der Waals surface area (Å²) in [5.41, 5.74) is 1.13. The lowest BCUT2D eigenvalue weighted by Crippen LogP contribution is -2.39. The molecular weight excluding hydrogens is 272 g/mol. The Bertz CT molecular complexity index is 392. The minimum Gasteiger partial charge on any atom is -0.380 e. The van der Waals surface area contributed by atoms with Crippen molar-refractivity contribution < 1.29 is 4.74 Å². The van der Waals surface area contributed by atoms with Crippen LogP contribution in [0.15, 0.2) is 10.4 Å². The number of guanidine groups is 1. The second-order valence-corrected chi connectivity index (χ2v) is 5.41. The van der Waals surface area contributed by atoms with Crippen LogP contribution in [0.2, 0.25) is 0 Å². The number of hydrogen-bond acceptors (Lipinski definition) is 4.